The molecule has 0 atom stereocenters. The van der Waals surface area contributed by atoms with E-state index in [9.17, 15) is 14.4 Å². The summed E-state index contributed by atoms with van der Waals surface area (Å²) in [6.45, 7) is 0.200. The lowest BCUT2D eigenvalue weighted by atomic mass is 10.2. The average Bonchev–Trinajstić information content (AvgIpc) is 2.80. The predicted octanol–water partition coefficient (Wildman–Crippen LogP) is 1.53. The Morgan fingerprint density at radius 3 is 2.53 bits per heavy atom. The Kier molecular flexibility index (Phi) is 7.21. The van der Waals surface area contributed by atoms with Gasteiger partial charge in [0.1, 0.15) is 17.1 Å². The fraction of sp³-hybridized carbons (Fsp3) is 0.333. The summed E-state index contributed by atoms with van der Waals surface area (Å²) in [7, 11) is 7.52. The number of anilines is 1. The fourth-order valence-corrected chi connectivity index (χ4v) is 4.16. The predicted molar refractivity (Wildman–Crippen MR) is 122 cm³/mol. The highest BCUT2D eigenvalue weighted by atomic mass is 32.2. The number of aromatic nitrogens is 3. The van der Waals surface area contributed by atoms with Crippen LogP contribution < -0.4 is 26.0 Å². The number of hydrogen-bond acceptors (Lipinski definition) is 8. The average molecular weight is 461 g/mol. The van der Waals surface area contributed by atoms with Gasteiger partial charge in [0.25, 0.3) is 5.56 Å². The maximum Gasteiger partial charge on any atom is 0.332 e. The van der Waals surface area contributed by atoms with Crippen LogP contribution in [0.3, 0.4) is 0 Å². The van der Waals surface area contributed by atoms with Crippen molar-refractivity contribution in [3.8, 4) is 11.5 Å². The summed E-state index contributed by atoms with van der Waals surface area (Å²) >= 11 is 1.18. The molecule has 0 aliphatic heterocycles. The first-order chi connectivity index (χ1) is 15.3. The molecule has 0 unspecified atom stereocenters. The molecule has 2 aromatic heterocycles. The number of carbonyl (C=O) groups excluding carboxylic acids is 1. The van der Waals surface area contributed by atoms with Gasteiger partial charge in [0, 0.05) is 43.9 Å². The van der Waals surface area contributed by atoms with Crippen molar-refractivity contribution in [2.75, 3.05) is 32.4 Å². The number of aryl methyl sites for hydroxylation is 1. The van der Waals surface area contributed by atoms with E-state index in [4.69, 9.17) is 14.2 Å². The molecule has 1 aromatic carbocycles. The maximum absolute atomic E-state index is 12.9. The maximum atomic E-state index is 12.9. The van der Waals surface area contributed by atoms with Crippen molar-refractivity contribution in [2.24, 2.45) is 14.1 Å². The van der Waals surface area contributed by atoms with Crippen LogP contribution in [-0.4, -0.2) is 47.1 Å². The third-order valence-electron chi connectivity index (χ3n) is 4.83. The number of ether oxygens (including phenoxy) is 3. The minimum absolute atomic E-state index is 0.0109. The van der Waals surface area contributed by atoms with E-state index >= 15 is 0 Å². The molecule has 0 spiro atoms. The van der Waals surface area contributed by atoms with Gasteiger partial charge in [-0.1, -0.05) is 0 Å². The second kappa shape index (κ2) is 9.88. The summed E-state index contributed by atoms with van der Waals surface area (Å²) in [6.07, 6.45) is 1.55. The molecule has 0 aliphatic rings. The number of amides is 1. The van der Waals surface area contributed by atoms with Crippen molar-refractivity contribution in [2.45, 2.75) is 11.5 Å². The number of pyridine rings is 1. The number of hydrogen-bond donors (Lipinski definition) is 1. The van der Waals surface area contributed by atoms with Gasteiger partial charge in [-0.2, -0.15) is 0 Å². The molecule has 0 saturated carbocycles. The summed E-state index contributed by atoms with van der Waals surface area (Å²) in [6, 6.07) is 5.06. The first kappa shape index (κ1) is 23.4. The van der Waals surface area contributed by atoms with Gasteiger partial charge in [0.05, 0.1) is 37.7 Å². The van der Waals surface area contributed by atoms with E-state index in [1.807, 2.05) is 0 Å². The van der Waals surface area contributed by atoms with Gasteiger partial charge in [-0.25, -0.2) is 9.78 Å². The quantitative estimate of drug-likeness (QED) is 0.504. The number of benzene rings is 1. The third kappa shape index (κ3) is 4.48. The highest BCUT2D eigenvalue weighted by Crippen LogP contribution is 2.31. The van der Waals surface area contributed by atoms with Crippen LogP contribution in [0.5, 0.6) is 11.5 Å². The first-order valence-corrected chi connectivity index (χ1v) is 10.5. The Morgan fingerprint density at radius 1 is 1.12 bits per heavy atom. The fourth-order valence-electron chi connectivity index (χ4n) is 3.19. The number of thioether (sulfide) groups is 1. The first-order valence-electron chi connectivity index (χ1n) is 9.53. The molecule has 1 amide bonds. The van der Waals surface area contributed by atoms with Crippen LogP contribution >= 0.6 is 11.8 Å². The molecule has 10 nitrogen and oxygen atoms in total. The number of nitrogens with one attached hydrogen (secondary N) is 1. The zero-order valence-corrected chi connectivity index (χ0v) is 19.2. The van der Waals surface area contributed by atoms with Crippen molar-refractivity contribution >= 4 is 34.4 Å². The van der Waals surface area contributed by atoms with Crippen molar-refractivity contribution in [3.05, 3.63) is 50.8 Å². The third-order valence-corrected chi connectivity index (χ3v) is 5.99. The lowest BCUT2D eigenvalue weighted by Crippen LogP contribution is -2.37. The van der Waals surface area contributed by atoms with Crippen LogP contribution in [0, 0.1) is 0 Å². The van der Waals surface area contributed by atoms with E-state index in [1.54, 1.807) is 38.6 Å². The second-order valence-electron chi connectivity index (χ2n) is 6.85. The highest BCUT2D eigenvalue weighted by molar-refractivity contribution is 8.00. The molecule has 0 radical (unpaired) electrons. The molecule has 3 aromatic rings. The number of nitrogens with zero attached hydrogens (tertiary/aromatic N) is 3. The summed E-state index contributed by atoms with van der Waals surface area (Å²) in [5.41, 5.74) is 0.435. The normalized spacial score (nSPS) is 10.9. The standard InChI is InChI=1S/C21H24N4O6S/c1-24-19-17(20(27)25(2)21(24)28)18(12(9-22-19)10-29-3)32-11-16(26)23-14-7-6-13(30-4)8-15(14)31-5/h6-9H,10-11H2,1-5H3,(H,23,26). The Morgan fingerprint density at radius 2 is 1.88 bits per heavy atom. The van der Waals surface area contributed by atoms with Crippen LogP contribution in [0.4, 0.5) is 5.69 Å². The Balaban J connectivity index is 1.95. The van der Waals surface area contributed by atoms with Crippen LogP contribution in [0.15, 0.2) is 38.9 Å². The van der Waals surface area contributed by atoms with Crippen molar-refractivity contribution < 1.29 is 19.0 Å². The zero-order valence-electron chi connectivity index (χ0n) is 18.4. The topological polar surface area (TPSA) is 114 Å². The molecular formula is C21H24N4O6S. The molecule has 11 heteroatoms. The lowest BCUT2D eigenvalue weighted by Gasteiger charge is -2.14. The van der Waals surface area contributed by atoms with Gasteiger partial charge in [-0.05, 0) is 12.1 Å². The smallest absolute Gasteiger partial charge is 0.332 e. The Bertz CT molecular complexity index is 1280. The largest absolute Gasteiger partial charge is 0.497 e. The summed E-state index contributed by atoms with van der Waals surface area (Å²) in [5, 5.41) is 3.07. The minimum atomic E-state index is -0.478. The van der Waals surface area contributed by atoms with Crippen molar-refractivity contribution in [1.29, 1.82) is 0 Å². The highest BCUT2D eigenvalue weighted by Gasteiger charge is 2.19. The van der Waals surface area contributed by atoms with Gasteiger partial charge >= 0.3 is 5.69 Å². The van der Waals surface area contributed by atoms with Crippen LogP contribution in [0.1, 0.15) is 5.56 Å². The van der Waals surface area contributed by atoms with E-state index < -0.39 is 11.2 Å². The lowest BCUT2D eigenvalue weighted by molar-refractivity contribution is -0.113. The van der Waals surface area contributed by atoms with E-state index in [2.05, 4.69) is 10.3 Å². The molecule has 170 valence electrons. The molecule has 3 rings (SSSR count). The van der Waals surface area contributed by atoms with Crippen molar-refractivity contribution in [1.82, 2.24) is 14.1 Å². The molecular weight excluding hydrogens is 436 g/mol. The van der Waals surface area contributed by atoms with Crippen molar-refractivity contribution in [3.63, 3.8) is 0 Å². The van der Waals surface area contributed by atoms with Gasteiger partial charge in [-0.3, -0.25) is 18.7 Å². The number of fused-ring (bicyclic) bond motifs is 1. The van der Waals surface area contributed by atoms with Crippen LogP contribution in [0.2, 0.25) is 0 Å². The summed E-state index contributed by atoms with van der Waals surface area (Å²) in [5.74, 6) is 0.773. The Labute approximate surface area is 188 Å². The SMILES string of the molecule is COCc1cnc2c(c1SCC(=O)Nc1ccc(OC)cc1OC)c(=O)n(C)c(=O)n2C. The van der Waals surface area contributed by atoms with Gasteiger partial charge in [0.15, 0.2) is 0 Å². The number of methoxy groups -OCH3 is 3. The summed E-state index contributed by atoms with van der Waals surface area (Å²) in [4.78, 5) is 42.7. The molecule has 0 bridgehead atoms. The van der Waals surface area contributed by atoms with Gasteiger partial charge < -0.3 is 19.5 Å². The molecule has 1 N–H and O–H groups in total. The number of rotatable bonds is 8. The van der Waals surface area contributed by atoms with Gasteiger partial charge in [-0.15, -0.1) is 11.8 Å². The molecule has 32 heavy (non-hydrogen) atoms. The monoisotopic (exact) mass is 460 g/mol. The van der Waals surface area contributed by atoms with E-state index in [0.717, 1.165) is 4.57 Å². The minimum Gasteiger partial charge on any atom is -0.497 e. The number of carbonyl (C=O) groups is 1. The van der Waals surface area contributed by atoms with Crippen LogP contribution in [-0.2, 0) is 30.2 Å². The van der Waals surface area contributed by atoms with Gasteiger partial charge in [0.2, 0.25) is 5.91 Å². The molecule has 2 heterocycles. The van der Waals surface area contributed by atoms with E-state index in [0.29, 0.717) is 27.6 Å². The second-order valence-corrected chi connectivity index (χ2v) is 7.84. The molecule has 0 saturated heterocycles. The molecule has 0 fully saturated rings. The Hall–Kier alpha value is -3.31. The van der Waals surface area contributed by atoms with Crippen LogP contribution in [0.25, 0.3) is 11.0 Å². The van der Waals surface area contributed by atoms with E-state index in [1.165, 1.54) is 37.6 Å². The van der Waals surface area contributed by atoms with E-state index in [-0.39, 0.29) is 29.3 Å². The zero-order chi connectivity index (χ0) is 23.4. The summed E-state index contributed by atoms with van der Waals surface area (Å²) < 4.78 is 18.0. The molecule has 0 aliphatic carbocycles.